The first-order valence-corrected chi connectivity index (χ1v) is 6.30. The minimum atomic E-state index is -4.41. The third kappa shape index (κ3) is 2.03. The van der Waals surface area contributed by atoms with Gasteiger partial charge in [-0.15, -0.1) is 0 Å². The van der Waals surface area contributed by atoms with E-state index in [1.165, 1.54) is 10.6 Å². The smallest absolute Gasteiger partial charge is 0.355 e. The highest BCUT2D eigenvalue weighted by molar-refractivity contribution is 5.83. The van der Waals surface area contributed by atoms with Crippen LogP contribution in [0.25, 0.3) is 5.65 Å². The highest BCUT2D eigenvalue weighted by Crippen LogP contribution is 2.31. The van der Waals surface area contributed by atoms with Crippen LogP contribution in [0.15, 0.2) is 18.3 Å². The predicted molar refractivity (Wildman–Crippen MR) is 67.0 cm³/mol. The fourth-order valence-corrected chi connectivity index (χ4v) is 2.50. The minimum absolute atomic E-state index is 0.142. The van der Waals surface area contributed by atoms with Gasteiger partial charge in [-0.2, -0.15) is 13.2 Å². The van der Waals surface area contributed by atoms with Crippen LogP contribution in [0.1, 0.15) is 28.9 Å². The zero-order valence-electron chi connectivity index (χ0n) is 10.5. The molecule has 4 nitrogen and oxygen atoms in total. The molecule has 0 bridgehead atoms. The second-order valence-electron chi connectivity index (χ2n) is 4.77. The average molecular weight is 283 g/mol. The minimum Gasteiger partial charge on any atom is -0.355 e. The van der Waals surface area contributed by atoms with Crippen molar-refractivity contribution in [2.24, 2.45) is 0 Å². The quantitative estimate of drug-likeness (QED) is 0.795. The van der Waals surface area contributed by atoms with Crippen molar-refractivity contribution in [3.63, 3.8) is 0 Å². The van der Waals surface area contributed by atoms with Crippen LogP contribution in [0.5, 0.6) is 0 Å². The molecule has 20 heavy (non-hydrogen) atoms. The molecule has 1 aliphatic rings. The first-order chi connectivity index (χ1) is 9.50. The maximum Gasteiger partial charge on any atom is 0.416 e. The number of carbonyl (C=O) groups is 1. The molecule has 0 aromatic carbocycles. The van der Waals surface area contributed by atoms with Gasteiger partial charge in [-0.25, -0.2) is 4.98 Å². The number of rotatable bonds is 2. The summed E-state index contributed by atoms with van der Waals surface area (Å²) in [6, 6.07) is 1.92. The number of pyridine rings is 1. The summed E-state index contributed by atoms with van der Waals surface area (Å²) in [6.07, 6.45) is -0.530. The molecule has 0 saturated carbocycles. The SMILES string of the molecule is O=Cc1c(N2CCCC2)nc2cc(C(F)(F)F)ccn12. The van der Waals surface area contributed by atoms with E-state index in [-0.39, 0.29) is 5.65 Å². The molecule has 1 saturated heterocycles. The molecule has 0 unspecified atom stereocenters. The number of aldehydes is 1. The summed E-state index contributed by atoms with van der Waals surface area (Å²) in [6.45, 7) is 1.55. The number of halogens is 3. The summed E-state index contributed by atoms with van der Waals surface area (Å²) >= 11 is 0. The van der Waals surface area contributed by atoms with Crippen LogP contribution in [0.2, 0.25) is 0 Å². The monoisotopic (exact) mass is 283 g/mol. The van der Waals surface area contributed by atoms with Crippen molar-refractivity contribution in [3.05, 3.63) is 29.6 Å². The lowest BCUT2D eigenvalue weighted by Gasteiger charge is -2.14. The van der Waals surface area contributed by atoms with E-state index in [0.717, 1.165) is 38.1 Å². The molecular weight excluding hydrogens is 271 g/mol. The number of hydrogen-bond acceptors (Lipinski definition) is 3. The van der Waals surface area contributed by atoms with Crippen molar-refractivity contribution in [2.45, 2.75) is 19.0 Å². The third-order valence-corrected chi connectivity index (χ3v) is 3.49. The number of anilines is 1. The predicted octanol–water partition coefficient (Wildman–Crippen LogP) is 2.77. The van der Waals surface area contributed by atoms with Gasteiger partial charge < -0.3 is 4.90 Å². The second kappa shape index (κ2) is 4.50. The van der Waals surface area contributed by atoms with E-state index in [4.69, 9.17) is 0 Å². The van der Waals surface area contributed by atoms with Gasteiger partial charge in [0.25, 0.3) is 0 Å². The molecule has 0 radical (unpaired) electrons. The standard InChI is InChI=1S/C13H12F3N3O/c14-13(15,16)9-3-6-19-10(8-20)12(17-11(19)7-9)18-4-1-2-5-18/h3,6-8H,1-2,4-5H2. The van der Waals surface area contributed by atoms with E-state index in [1.807, 2.05) is 4.90 Å². The van der Waals surface area contributed by atoms with Crippen molar-refractivity contribution in [3.8, 4) is 0 Å². The molecule has 2 aromatic rings. The molecule has 0 aliphatic carbocycles. The first kappa shape index (κ1) is 13.0. The van der Waals surface area contributed by atoms with Gasteiger partial charge in [-0.05, 0) is 25.0 Å². The molecule has 1 aliphatic heterocycles. The summed E-state index contributed by atoms with van der Waals surface area (Å²) in [4.78, 5) is 17.4. The summed E-state index contributed by atoms with van der Waals surface area (Å²) in [7, 11) is 0. The van der Waals surface area contributed by atoms with E-state index < -0.39 is 11.7 Å². The lowest BCUT2D eigenvalue weighted by atomic mass is 10.2. The molecular formula is C13H12F3N3O. The fraction of sp³-hybridized carbons (Fsp3) is 0.385. The molecule has 3 rings (SSSR count). The van der Waals surface area contributed by atoms with Crippen molar-refractivity contribution in [2.75, 3.05) is 18.0 Å². The third-order valence-electron chi connectivity index (χ3n) is 3.49. The zero-order valence-corrected chi connectivity index (χ0v) is 10.5. The molecule has 2 aromatic heterocycles. The van der Waals surface area contributed by atoms with E-state index >= 15 is 0 Å². The number of fused-ring (bicyclic) bond motifs is 1. The van der Waals surface area contributed by atoms with Crippen LogP contribution < -0.4 is 4.90 Å². The number of carbonyl (C=O) groups excluding carboxylic acids is 1. The number of imidazole rings is 1. The normalized spacial score (nSPS) is 16.1. The van der Waals surface area contributed by atoms with Crippen molar-refractivity contribution >= 4 is 17.8 Å². The number of alkyl halides is 3. The van der Waals surface area contributed by atoms with Crippen LogP contribution in [-0.4, -0.2) is 28.8 Å². The van der Waals surface area contributed by atoms with E-state index in [9.17, 15) is 18.0 Å². The molecule has 1 fully saturated rings. The van der Waals surface area contributed by atoms with Crippen LogP contribution in [0, 0.1) is 0 Å². The Hall–Kier alpha value is -2.05. The fourth-order valence-electron chi connectivity index (χ4n) is 2.50. The van der Waals surface area contributed by atoms with Gasteiger partial charge in [0.15, 0.2) is 12.1 Å². The maximum absolute atomic E-state index is 12.7. The van der Waals surface area contributed by atoms with Crippen LogP contribution >= 0.6 is 0 Å². The number of nitrogens with zero attached hydrogens (tertiary/aromatic N) is 3. The first-order valence-electron chi connectivity index (χ1n) is 6.30. The number of hydrogen-bond donors (Lipinski definition) is 0. The van der Waals surface area contributed by atoms with Gasteiger partial charge in [-0.1, -0.05) is 0 Å². The van der Waals surface area contributed by atoms with Crippen molar-refractivity contribution in [1.29, 1.82) is 0 Å². The molecule has 106 valence electrons. The summed E-state index contributed by atoms with van der Waals surface area (Å²) < 4.78 is 39.5. The van der Waals surface area contributed by atoms with E-state index in [2.05, 4.69) is 4.98 Å². The second-order valence-corrected chi connectivity index (χ2v) is 4.77. The summed E-state index contributed by atoms with van der Waals surface area (Å²) in [5.74, 6) is 0.469. The molecule has 0 amide bonds. The Labute approximate surface area is 112 Å². The average Bonchev–Trinajstić information content (AvgIpc) is 3.03. The summed E-state index contributed by atoms with van der Waals surface area (Å²) in [5.41, 5.74) is -0.320. The highest BCUT2D eigenvalue weighted by Gasteiger charge is 2.31. The van der Waals surface area contributed by atoms with Gasteiger partial charge in [0.2, 0.25) is 0 Å². The van der Waals surface area contributed by atoms with Crippen LogP contribution in [0.3, 0.4) is 0 Å². The Morgan fingerprint density at radius 1 is 1.25 bits per heavy atom. The highest BCUT2D eigenvalue weighted by atomic mass is 19.4. The maximum atomic E-state index is 12.7. The van der Waals surface area contributed by atoms with Gasteiger partial charge in [0, 0.05) is 19.3 Å². The Balaban J connectivity index is 2.15. The van der Waals surface area contributed by atoms with Gasteiger partial charge in [0.05, 0.1) is 5.56 Å². The largest absolute Gasteiger partial charge is 0.416 e. The molecule has 7 heteroatoms. The number of aromatic nitrogens is 2. The Morgan fingerprint density at radius 3 is 2.55 bits per heavy atom. The molecule has 0 atom stereocenters. The lowest BCUT2D eigenvalue weighted by Crippen LogP contribution is -2.19. The molecule has 0 N–H and O–H groups in total. The molecule has 3 heterocycles. The van der Waals surface area contributed by atoms with Crippen LogP contribution in [-0.2, 0) is 6.18 Å². The Bertz CT molecular complexity index is 657. The van der Waals surface area contributed by atoms with Crippen molar-refractivity contribution < 1.29 is 18.0 Å². The van der Waals surface area contributed by atoms with Crippen molar-refractivity contribution in [1.82, 2.24) is 9.38 Å². The van der Waals surface area contributed by atoms with E-state index in [0.29, 0.717) is 17.8 Å². The summed E-state index contributed by atoms with van der Waals surface area (Å²) in [5, 5.41) is 0. The van der Waals surface area contributed by atoms with Gasteiger partial charge >= 0.3 is 6.18 Å². The lowest BCUT2D eigenvalue weighted by molar-refractivity contribution is -0.137. The van der Waals surface area contributed by atoms with Gasteiger partial charge in [0.1, 0.15) is 11.3 Å². The Morgan fingerprint density at radius 2 is 1.95 bits per heavy atom. The van der Waals surface area contributed by atoms with E-state index in [1.54, 1.807) is 0 Å². The van der Waals surface area contributed by atoms with Gasteiger partial charge in [-0.3, -0.25) is 9.20 Å². The van der Waals surface area contributed by atoms with Crippen LogP contribution in [0.4, 0.5) is 19.0 Å². The topological polar surface area (TPSA) is 37.6 Å². The zero-order chi connectivity index (χ0) is 14.3. The Kier molecular flexibility index (Phi) is 2.92. The molecule has 0 spiro atoms.